The molecule has 0 radical (unpaired) electrons. The van der Waals surface area contributed by atoms with Crippen molar-refractivity contribution in [3.05, 3.63) is 479 Å². The summed E-state index contributed by atoms with van der Waals surface area (Å²) in [7, 11) is 0. The molecule has 0 aliphatic heterocycles. The maximum atomic E-state index is 7.19. The maximum absolute atomic E-state index is 7.19. The van der Waals surface area contributed by atoms with Crippen molar-refractivity contribution in [2.45, 2.75) is 0 Å². The Labute approximate surface area is 803 Å². The second kappa shape index (κ2) is 33.3. The predicted molar refractivity (Wildman–Crippen MR) is 575 cm³/mol. The van der Waals surface area contributed by atoms with Gasteiger partial charge in [0.05, 0.1) is 33.1 Å². The van der Waals surface area contributed by atoms with Crippen LogP contribution in [-0.4, -0.2) is 43.6 Å². The SMILES string of the molecule is c1ccc(-c2nc(-c3ccccc3)nc(-c3ccc(-n4c5ccccc5c5cc(-n6c7ccccc7c7ccc8c9cc(-c%10cccc(-c%11nc(-c%12ccccc%12)nc(-c%12ccc%13sc%14ccc(-n%15c%16ccc(-c%17ccc(N(c%18ccccc%18)c%18ccccc%18)cc%17)cc%16c%16cc(-c%17ccc(N(c%18ccccc%18)c%18ccccc%18)cc%17)ccc%16%15)cc%14c%13c%12)n%11)c%10)ccc9oc8c76)ccc54)cc3)n2)cc1. The number of benzene rings is 20. The van der Waals surface area contributed by atoms with Crippen LogP contribution < -0.4 is 9.80 Å². The van der Waals surface area contributed by atoms with Crippen molar-refractivity contribution in [3.63, 3.8) is 0 Å². The minimum Gasteiger partial charge on any atom is -0.454 e. The molecule has 0 bridgehead atoms. The van der Waals surface area contributed by atoms with Gasteiger partial charge in [0, 0.05) is 148 Å². The van der Waals surface area contributed by atoms with Crippen LogP contribution in [0.5, 0.6) is 0 Å². The lowest BCUT2D eigenvalue weighted by molar-refractivity contribution is 0.671. The summed E-state index contributed by atoms with van der Waals surface area (Å²) in [6.45, 7) is 0. The Kier molecular flexibility index (Phi) is 19.2. The van der Waals surface area contributed by atoms with Gasteiger partial charge in [-0.2, -0.15) is 0 Å². The van der Waals surface area contributed by atoms with E-state index in [9.17, 15) is 0 Å². The second-order valence-corrected chi connectivity index (χ2v) is 36.4. The van der Waals surface area contributed by atoms with Crippen molar-refractivity contribution < 1.29 is 4.42 Å². The van der Waals surface area contributed by atoms with Crippen molar-refractivity contribution in [2.75, 3.05) is 9.80 Å². The highest BCUT2D eigenvalue weighted by Gasteiger charge is 2.26. The number of hydrogen-bond donors (Lipinski definition) is 0. The molecule has 0 saturated carbocycles. The smallest absolute Gasteiger partial charge is 0.164 e. The number of rotatable bonds is 18. The van der Waals surface area contributed by atoms with Gasteiger partial charge in [0.1, 0.15) is 5.58 Å². The molecule has 0 aliphatic rings. The first-order valence-electron chi connectivity index (χ1n) is 46.8. The van der Waals surface area contributed by atoms with Crippen LogP contribution >= 0.6 is 11.3 Å². The number of para-hydroxylation sites is 6. The van der Waals surface area contributed by atoms with Gasteiger partial charge in [-0.05, 0) is 246 Å². The molecule has 0 amide bonds. The average Bonchev–Trinajstić information content (AvgIpc) is 1.56. The third kappa shape index (κ3) is 14.0. The molecule has 20 aromatic carbocycles. The Morgan fingerprint density at radius 1 is 0.180 bits per heavy atom. The molecule has 139 heavy (non-hydrogen) atoms. The first-order chi connectivity index (χ1) is 68.9. The highest BCUT2D eigenvalue weighted by molar-refractivity contribution is 7.25. The van der Waals surface area contributed by atoms with Gasteiger partial charge in [0.25, 0.3) is 0 Å². The Bertz CT molecular complexity index is 9160. The van der Waals surface area contributed by atoms with Gasteiger partial charge in [-0.3, -0.25) is 0 Å². The Morgan fingerprint density at radius 3 is 1.00 bits per heavy atom. The fourth-order valence-corrected chi connectivity index (χ4v) is 21.6. The molecule has 0 spiro atoms. The van der Waals surface area contributed by atoms with E-state index in [2.05, 4.69) is 424 Å². The van der Waals surface area contributed by atoms with E-state index in [1.54, 1.807) is 11.3 Å². The lowest BCUT2D eigenvalue weighted by Gasteiger charge is -2.25. The minimum atomic E-state index is 0.570. The van der Waals surface area contributed by atoms with E-state index >= 15 is 0 Å². The van der Waals surface area contributed by atoms with Crippen LogP contribution in [0.15, 0.2) is 484 Å². The summed E-state index contributed by atoms with van der Waals surface area (Å²) in [5.41, 5.74) is 29.7. The Morgan fingerprint density at radius 2 is 0.482 bits per heavy atom. The Balaban J connectivity index is 0.530. The minimum absolute atomic E-state index is 0.570. The molecule has 27 rings (SSSR count). The zero-order chi connectivity index (χ0) is 91.5. The van der Waals surface area contributed by atoms with Gasteiger partial charge >= 0.3 is 0 Å². The first-order valence-corrected chi connectivity index (χ1v) is 47.6. The fourth-order valence-electron chi connectivity index (χ4n) is 20.5. The summed E-state index contributed by atoms with van der Waals surface area (Å²) in [5.74, 6) is 3.59. The van der Waals surface area contributed by atoms with E-state index in [1.165, 1.54) is 9.40 Å². The molecular formula is C126H79N11OS. The number of aromatic nitrogens is 9. The Hall–Kier alpha value is -18.6. The number of hydrogen-bond acceptors (Lipinski definition) is 10. The lowest BCUT2D eigenvalue weighted by atomic mass is 9.99. The van der Waals surface area contributed by atoms with Crippen LogP contribution in [0.4, 0.5) is 34.1 Å². The largest absolute Gasteiger partial charge is 0.454 e. The number of nitrogens with zero attached hydrogens (tertiary/aromatic N) is 11. The van der Waals surface area contributed by atoms with Crippen molar-refractivity contribution in [1.29, 1.82) is 0 Å². The molecule has 0 saturated heterocycles. The third-order valence-corrected chi connectivity index (χ3v) is 28.3. The predicted octanol–water partition coefficient (Wildman–Crippen LogP) is 33.6. The summed E-state index contributed by atoms with van der Waals surface area (Å²) in [5, 5.41) is 11.2. The standard InChI is InChI=1S/C126H79N11OS/c1-8-27-82(28-9-1)121-127-122(83-29-10-2-11-30-83)129-124(128-121)85-51-61-98(62-52-85)135-111-45-24-23-44-102(111)107-78-100(63-69-115(107)135)137-112-46-25-22-43-101(112)103-65-66-104-108-76-89(55-70-116(108)138-120(104)119(103)137)86-33-26-34-90(73-86)125-130-123(84-31-12-3-13-32-84)131-126(132-125)91-56-71-117-109(77-91)110-79-99(64-72-118(110)139-117)136-113-67-53-87(80-47-57-96(58-48-80)133(92-35-14-4-15-36-92)93-37-16-5-17-38-93)74-105(113)106-75-88(54-68-114(106)136)81-49-59-97(60-50-81)134(94-39-18-6-19-40-94)95-41-20-7-21-42-95/h1-79H. The van der Waals surface area contributed by atoms with Crippen LogP contribution in [0.3, 0.4) is 0 Å². The molecule has 650 valence electrons. The molecule has 13 heteroatoms. The zero-order valence-corrected chi connectivity index (χ0v) is 75.7. The number of furan rings is 1. The second-order valence-electron chi connectivity index (χ2n) is 35.3. The van der Waals surface area contributed by atoms with Crippen LogP contribution in [0.25, 0.3) is 226 Å². The molecule has 7 aromatic heterocycles. The number of fused-ring (bicyclic) bond motifs is 16. The van der Waals surface area contributed by atoms with Gasteiger partial charge in [-0.15, -0.1) is 11.3 Å². The topological polar surface area (TPSA) is 112 Å². The van der Waals surface area contributed by atoms with Crippen molar-refractivity contribution >= 4 is 153 Å². The lowest BCUT2D eigenvalue weighted by Crippen LogP contribution is -2.09. The average molecular weight is 1800 g/mol. The highest BCUT2D eigenvalue weighted by atomic mass is 32.1. The maximum Gasteiger partial charge on any atom is 0.164 e. The van der Waals surface area contributed by atoms with Gasteiger partial charge in [0.15, 0.2) is 40.5 Å². The molecule has 7 heterocycles. The normalized spacial score (nSPS) is 11.7. The molecular weight excluding hydrogens is 1720 g/mol. The van der Waals surface area contributed by atoms with E-state index in [1.807, 2.05) is 78.9 Å². The van der Waals surface area contributed by atoms with E-state index in [4.69, 9.17) is 34.3 Å². The number of anilines is 6. The summed E-state index contributed by atoms with van der Waals surface area (Å²) < 4.78 is 16.7. The van der Waals surface area contributed by atoms with Crippen molar-refractivity contribution in [2.24, 2.45) is 0 Å². The molecule has 0 unspecified atom stereocenters. The summed E-state index contributed by atoms with van der Waals surface area (Å²) in [6, 6.07) is 171. The first kappa shape index (κ1) is 80.1. The van der Waals surface area contributed by atoms with Crippen molar-refractivity contribution in [1.82, 2.24) is 43.6 Å². The van der Waals surface area contributed by atoms with Crippen LogP contribution in [0, 0.1) is 0 Å². The van der Waals surface area contributed by atoms with Gasteiger partial charge in [-0.25, -0.2) is 29.9 Å². The van der Waals surface area contributed by atoms with E-state index < -0.39 is 0 Å². The molecule has 12 nitrogen and oxygen atoms in total. The molecule has 0 fully saturated rings. The van der Waals surface area contributed by atoms with E-state index in [0.717, 1.165) is 216 Å². The van der Waals surface area contributed by atoms with E-state index in [0.29, 0.717) is 34.9 Å². The fraction of sp³-hybridized carbons (Fsp3) is 0. The highest BCUT2D eigenvalue weighted by Crippen LogP contribution is 2.48. The monoisotopic (exact) mass is 1790 g/mol. The summed E-state index contributed by atoms with van der Waals surface area (Å²) in [4.78, 5) is 35.8. The summed E-state index contributed by atoms with van der Waals surface area (Å²) >= 11 is 1.80. The third-order valence-electron chi connectivity index (χ3n) is 27.1. The quantitative estimate of drug-likeness (QED) is 0.0829. The molecule has 27 aromatic rings. The molecule has 0 aliphatic carbocycles. The van der Waals surface area contributed by atoms with Gasteiger partial charge in [-0.1, -0.05) is 267 Å². The van der Waals surface area contributed by atoms with Crippen LogP contribution in [0.2, 0.25) is 0 Å². The van der Waals surface area contributed by atoms with Crippen LogP contribution in [0.1, 0.15) is 0 Å². The number of thiophene rings is 1. The molecule has 0 atom stereocenters. The zero-order valence-electron chi connectivity index (χ0n) is 74.8. The van der Waals surface area contributed by atoms with Crippen molar-refractivity contribution in [3.8, 4) is 119 Å². The van der Waals surface area contributed by atoms with Crippen LogP contribution in [-0.2, 0) is 0 Å². The van der Waals surface area contributed by atoms with Gasteiger partial charge in [0.2, 0.25) is 0 Å². The molecule has 0 N–H and O–H groups in total. The van der Waals surface area contributed by atoms with E-state index in [-0.39, 0.29) is 0 Å². The van der Waals surface area contributed by atoms with Gasteiger partial charge < -0.3 is 27.9 Å². The summed E-state index contributed by atoms with van der Waals surface area (Å²) in [6.07, 6.45) is 0.